The highest BCUT2D eigenvalue weighted by molar-refractivity contribution is 5.89. The van der Waals surface area contributed by atoms with Crippen LogP contribution in [0.3, 0.4) is 0 Å². The average Bonchev–Trinajstić information content (AvgIpc) is 3.13. The topological polar surface area (TPSA) is 152 Å². The maximum Gasteiger partial charge on any atom is 0.319 e. The Morgan fingerprint density at radius 1 is 1.07 bits per heavy atom. The molecule has 0 saturated heterocycles. The van der Waals surface area contributed by atoms with Gasteiger partial charge in [0.25, 0.3) is 0 Å². The molecule has 228 valence electrons. The summed E-state index contributed by atoms with van der Waals surface area (Å²) >= 11 is 0. The van der Waals surface area contributed by atoms with Gasteiger partial charge in [-0.05, 0) is 70.8 Å². The summed E-state index contributed by atoms with van der Waals surface area (Å²) in [6.07, 6.45) is 2.30. The van der Waals surface area contributed by atoms with Gasteiger partial charge in [-0.1, -0.05) is 44.2 Å². The van der Waals surface area contributed by atoms with Crippen molar-refractivity contribution in [2.45, 2.75) is 64.1 Å². The minimum atomic E-state index is -1.20. The third kappa shape index (κ3) is 8.25. The number of aromatic nitrogens is 1. The largest absolute Gasteiger partial charge is 0.481 e. The molecule has 2 amide bonds. The van der Waals surface area contributed by atoms with Crippen molar-refractivity contribution in [3.63, 3.8) is 0 Å². The summed E-state index contributed by atoms with van der Waals surface area (Å²) in [4.78, 5) is 28.3. The Kier molecular flexibility index (Phi) is 10.6. The Hall–Kier alpha value is -4.12. The maximum absolute atomic E-state index is 14.0. The molecule has 3 aromatic rings. The molecule has 0 aliphatic heterocycles. The Bertz CT molecular complexity index is 1490. The number of aliphatic hydroxyl groups is 3. The van der Waals surface area contributed by atoms with Gasteiger partial charge in [0.1, 0.15) is 5.82 Å². The molecule has 0 bridgehead atoms. The standard InChI is InChI=1S/C33H38FN3O6/c1-19(2)32-27(11-10-25(39)17-26(40)18-30(41)42)31(21-3-7-23(34)8-4-21)28-16-22-15-24(36-33(43)35-13-14-38)9-5-20(22)6-12-29(28)37-32/h3-5,7-11,15,19,25-26,38-40H,6,12-14,16-18H2,1-2H3,(H,41,42)(H2,35,36,43)/t25-,26-/m1/s1. The van der Waals surface area contributed by atoms with Crippen LogP contribution in [0.2, 0.25) is 0 Å². The van der Waals surface area contributed by atoms with Crippen LogP contribution in [0.15, 0.2) is 48.5 Å². The normalized spacial score (nSPS) is 14.1. The summed E-state index contributed by atoms with van der Waals surface area (Å²) in [7, 11) is 0. The Balaban J connectivity index is 1.81. The number of benzene rings is 2. The van der Waals surface area contributed by atoms with Crippen molar-refractivity contribution in [2.75, 3.05) is 18.5 Å². The number of aliphatic carboxylic acids is 1. The fourth-order valence-corrected chi connectivity index (χ4v) is 5.41. The van der Waals surface area contributed by atoms with Crippen molar-refractivity contribution < 1.29 is 34.4 Å². The van der Waals surface area contributed by atoms with Gasteiger partial charge >= 0.3 is 12.0 Å². The van der Waals surface area contributed by atoms with Gasteiger partial charge < -0.3 is 31.1 Å². The second kappa shape index (κ2) is 14.4. The highest BCUT2D eigenvalue weighted by Gasteiger charge is 2.25. The smallest absolute Gasteiger partial charge is 0.319 e. The Morgan fingerprint density at radius 2 is 1.81 bits per heavy atom. The zero-order valence-electron chi connectivity index (χ0n) is 24.3. The third-order valence-electron chi connectivity index (χ3n) is 7.40. The molecule has 0 fully saturated rings. The lowest BCUT2D eigenvalue weighted by Crippen LogP contribution is -2.31. The van der Waals surface area contributed by atoms with E-state index in [0.717, 1.165) is 51.2 Å². The van der Waals surface area contributed by atoms with E-state index in [4.69, 9.17) is 15.2 Å². The number of nitrogens with one attached hydrogen (secondary N) is 2. The number of rotatable bonds is 11. The van der Waals surface area contributed by atoms with Crippen molar-refractivity contribution in [3.05, 3.63) is 88.0 Å². The molecule has 1 heterocycles. The van der Waals surface area contributed by atoms with E-state index >= 15 is 0 Å². The van der Waals surface area contributed by atoms with Crippen LogP contribution >= 0.6 is 0 Å². The number of urea groups is 1. The lowest BCUT2D eigenvalue weighted by molar-refractivity contribution is -0.139. The first-order valence-corrected chi connectivity index (χ1v) is 14.4. The zero-order chi connectivity index (χ0) is 31.1. The van der Waals surface area contributed by atoms with Crippen molar-refractivity contribution in [1.29, 1.82) is 0 Å². The van der Waals surface area contributed by atoms with E-state index in [9.17, 15) is 24.2 Å². The number of carboxylic acid groups (broad SMARTS) is 1. The van der Waals surface area contributed by atoms with Gasteiger partial charge in [0, 0.05) is 36.3 Å². The van der Waals surface area contributed by atoms with Gasteiger partial charge in [-0.25, -0.2) is 9.18 Å². The second-order valence-electron chi connectivity index (χ2n) is 11.1. The number of halogens is 1. The molecular weight excluding hydrogens is 553 g/mol. The van der Waals surface area contributed by atoms with E-state index in [1.165, 1.54) is 18.2 Å². The van der Waals surface area contributed by atoms with Crippen LogP contribution in [0, 0.1) is 5.82 Å². The van der Waals surface area contributed by atoms with Crippen molar-refractivity contribution in [2.24, 2.45) is 0 Å². The first kappa shape index (κ1) is 31.8. The summed E-state index contributed by atoms with van der Waals surface area (Å²) in [5, 5.41) is 44.0. The van der Waals surface area contributed by atoms with E-state index < -0.39 is 30.6 Å². The van der Waals surface area contributed by atoms with Crippen LogP contribution in [0.25, 0.3) is 17.2 Å². The molecule has 43 heavy (non-hydrogen) atoms. The van der Waals surface area contributed by atoms with Crippen LogP contribution in [0.1, 0.15) is 66.2 Å². The number of pyridine rings is 1. The minimum Gasteiger partial charge on any atom is -0.481 e. The molecule has 0 unspecified atom stereocenters. The number of fused-ring (bicyclic) bond motifs is 2. The molecule has 1 aromatic heterocycles. The van der Waals surface area contributed by atoms with Crippen molar-refractivity contribution in [3.8, 4) is 11.1 Å². The monoisotopic (exact) mass is 591 g/mol. The zero-order valence-corrected chi connectivity index (χ0v) is 24.3. The number of aliphatic hydroxyl groups excluding tert-OH is 3. The van der Waals surface area contributed by atoms with E-state index in [1.54, 1.807) is 18.2 Å². The number of carbonyl (C=O) groups is 2. The van der Waals surface area contributed by atoms with Gasteiger partial charge in [-0.15, -0.1) is 0 Å². The van der Waals surface area contributed by atoms with E-state index in [0.29, 0.717) is 18.5 Å². The third-order valence-corrected chi connectivity index (χ3v) is 7.40. The number of carboxylic acids is 1. The van der Waals surface area contributed by atoms with Gasteiger partial charge in [0.15, 0.2) is 0 Å². The average molecular weight is 592 g/mol. The van der Waals surface area contributed by atoms with Crippen molar-refractivity contribution in [1.82, 2.24) is 10.3 Å². The molecule has 2 aromatic carbocycles. The summed E-state index contributed by atoms with van der Waals surface area (Å²) in [6, 6.07) is 11.6. The van der Waals surface area contributed by atoms with Crippen molar-refractivity contribution >= 4 is 23.8 Å². The van der Waals surface area contributed by atoms with E-state index in [-0.39, 0.29) is 31.3 Å². The number of aryl methyl sites for hydroxylation is 2. The second-order valence-corrected chi connectivity index (χ2v) is 11.1. The molecule has 9 nitrogen and oxygen atoms in total. The van der Waals surface area contributed by atoms with Crippen LogP contribution in [0.5, 0.6) is 0 Å². The number of anilines is 1. The highest BCUT2D eigenvalue weighted by Crippen LogP contribution is 2.39. The number of hydrogen-bond acceptors (Lipinski definition) is 6. The number of carbonyl (C=O) groups excluding carboxylic acids is 1. The first-order chi connectivity index (χ1) is 20.5. The van der Waals surface area contributed by atoms with Gasteiger partial charge in [0.05, 0.1) is 30.9 Å². The fourth-order valence-electron chi connectivity index (χ4n) is 5.41. The molecule has 0 radical (unpaired) electrons. The van der Waals surface area contributed by atoms with Gasteiger partial charge in [0.2, 0.25) is 0 Å². The molecule has 1 aliphatic rings. The number of nitrogens with zero attached hydrogens (tertiary/aromatic N) is 1. The number of hydrogen-bond donors (Lipinski definition) is 6. The molecule has 0 saturated carbocycles. The summed E-state index contributed by atoms with van der Waals surface area (Å²) in [6.45, 7) is 4.03. The summed E-state index contributed by atoms with van der Waals surface area (Å²) < 4.78 is 14.0. The summed E-state index contributed by atoms with van der Waals surface area (Å²) in [5.74, 6) is -1.50. The quantitative estimate of drug-likeness (QED) is 0.193. The molecule has 2 atom stereocenters. The van der Waals surface area contributed by atoms with Crippen LogP contribution < -0.4 is 10.6 Å². The molecule has 0 spiro atoms. The summed E-state index contributed by atoms with van der Waals surface area (Å²) in [5.41, 5.74) is 7.81. The number of amides is 2. The molecule has 6 N–H and O–H groups in total. The molecular formula is C33H38FN3O6. The van der Waals surface area contributed by atoms with E-state index in [1.807, 2.05) is 32.0 Å². The predicted octanol–water partition coefficient (Wildman–Crippen LogP) is 4.41. The van der Waals surface area contributed by atoms with Gasteiger partial charge in [-0.3, -0.25) is 9.78 Å². The van der Waals surface area contributed by atoms with Crippen LogP contribution in [-0.4, -0.2) is 62.8 Å². The SMILES string of the molecule is CC(C)c1nc2c(c(-c3ccc(F)cc3)c1C=C[C@@H](O)C[C@@H](O)CC(=O)O)Cc1cc(NC(=O)NCCO)ccc1CC2. The lowest BCUT2D eigenvalue weighted by Gasteiger charge is -2.22. The Morgan fingerprint density at radius 3 is 2.49 bits per heavy atom. The molecule has 1 aliphatic carbocycles. The predicted molar refractivity (Wildman–Crippen MR) is 162 cm³/mol. The van der Waals surface area contributed by atoms with Gasteiger partial charge in [-0.2, -0.15) is 0 Å². The van der Waals surface area contributed by atoms with Crippen LogP contribution in [0.4, 0.5) is 14.9 Å². The minimum absolute atomic E-state index is 0.0118. The first-order valence-electron chi connectivity index (χ1n) is 14.4. The molecule has 10 heteroatoms. The highest BCUT2D eigenvalue weighted by atomic mass is 19.1. The van der Waals surface area contributed by atoms with E-state index in [2.05, 4.69) is 10.6 Å². The molecule has 4 rings (SSSR count). The maximum atomic E-state index is 14.0. The Labute approximate surface area is 250 Å². The van der Waals surface area contributed by atoms with Crippen LogP contribution in [-0.2, 0) is 24.1 Å². The fraction of sp³-hybridized carbons (Fsp3) is 0.364. The lowest BCUT2D eigenvalue weighted by atomic mass is 9.86.